The maximum Gasteiger partial charge on any atom is 0.262 e. The van der Waals surface area contributed by atoms with Gasteiger partial charge in [0.05, 0.1) is 16.1 Å². The van der Waals surface area contributed by atoms with Crippen molar-refractivity contribution in [3.63, 3.8) is 0 Å². The van der Waals surface area contributed by atoms with E-state index in [4.69, 9.17) is 4.74 Å². The van der Waals surface area contributed by atoms with E-state index in [1.54, 1.807) is 29.2 Å². The summed E-state index contributed by atoms with van der Waals surface area (Å²) in [4.78, 5) is 18.7. The average Bonchev–Trinajstić information content (AvgIpc) is 3.14. The summed E-state index contributed by atoms with van der Waals surface area (Å²) in [7, 11) is -4.00. The standard InChI is InChI=1S/C42H37N3O4S/c1-30-13-19-35(20-14-30)43-50(47,48)38-25-26-40-39(27-38)42(46)45(36-21-15-31(2)16-22-36)41(44(40)28-32-9-5-3-6-10-32)34-17-23-37(24-18-34)49-29-33-11-7-4-8-12-33/h3-27,41,43H,28-29H2,1-2H3/t41-/m0/s1. The van der Waals surface area contributed by atoms with E-state index < -0.39 is 16.2 Å². The van der Waals surface area contributed by atoms with Gasteiger partial charge in [-0.25, -0.2) is 8.42 Å². The molecule has 0 spiro atoms. The molecule has 0 radical (unpaired) electrons. The molecule has 250 valence electrons. The Labute approximate surface area is 293 Å². The van der Waals surface area contributed by atoms with E-state index in [1.807, 2.05) is 135 Å². The maximum atomic E-state index is 14.7. The molecule has 1 amide bonds. The van der Waals surface area contributed by atoms with Crippen molar-refractivity contribution in [1.29, 1.82) is 0 Å². The number of aryl methyl sites for hydroxylation is 2. The Hall–Kier alpha value is -5.86. The molecule has 0 aliphatic carbocycles. The molecule has 6 aromatic carbocycles. The van der Waals surface area contributed by atoms with Crippen LogP contribution in [-0.4, -0.2) is 14.3 Å². The third-order valence-corrected chi connectivity index (χ3v) is 10.2. The van der Waals surface area contributed by atoms with Crippen molar-refractivity contribution in [1.82, 2.24) is 0 Å². The number of hydrogen-bond donors (Lipinski definition) is 1. The van der Waals surface area contributed by atoms with Crippen molar-refractivity contribution in [2.75, 3.05) is 14.5 Å². The predicted octanol–water partition coefficient (Wildman–Crippen LogP) is 9.05. The first kappa shape index (κ1) is 32.7. The van der Waals surface area contributed by atoms with Gasteiger partial charge in [-0.05, 0) is 85.1 Å². The molecule has 1 aliphatic heterocycles. The molecule has 0 aromatic heterocycles. The summed E-state index contributed by atoms with van der Waals surface area (Å²) < 4.78 is 36.0. The molecule has 50 heavy (non-hydrogen) atoms. The van der Waals surface area contributed by atoms with Gasteiger partial charge in [0.1, 0.15) is 18.5 Å². The molecule has 7 nitrogen and oxygen atoms in total. The lowest BCUT2D eigenvalue weighted by Crippen LogP contribution is -2.49. The van der Waals surface area contributed by atoms with Crippen LogP contribution in [0.2, 0.25) is 0 Å². The molecule has 1 N–H and O–H groups in total. The predicted molar refractivity (Wildman–Crippen MR) is 199 cm³/mol. The normalized spacial score (nSPS) is 14.3. The minimum Gasteiger partial charge on any atom is -0.489 e. The van der Waals surface area contributed by atoms with Gasteiger partial charge in [0, 0.05) is 17.9 Å². The summed E-state index contributed by atoms with van der Waals surface area (Å²) in [6.45, 7) is 4.85. The summed E-state index contributed by atoms with van der Waals surface area (Å²) in [5.74, 6) is 0.419. The van der Waals surface area contributed by atoms with E-state index >= 15 is 0 Å². The number of amides is 1. The van der Waals surface area contributed by atoms with E-state index in [2.05, 4.69) is 9.62 Å². The monoisotopic (exact) mass is 679 g/mol. The van der Waals surface area contributed by atoms with E-state index in [0.29, 0.717) is 41.5 Å². The lowest BCUT2D eigenvalue weighted by atomic mass is 9.98. The van der Waals surface area contributed by atoms with Crippen LogP contribution in [0.1, 0.15) is 44.3 Å². The Morgan fingerprint density at radius 2 is 1.28 bits per heavy atom. The van der Waals surface area contributed by atoms with Crippen LogP contribution in [0.5, 0.6) is 5.75 Å². The van der Waals surface area contributed by atoms with Crippen molar-refractivity contribution < 1.29 is 17.9 Å². The maximum absolute atomic E-state index is 14.7. The number of sulfonamides is 1. The van der Waals surface area contributed by atoms with Crippen LogP contribution in [-0.2, 0) is 23.2 Å². The van der Waals surface area contributed by atoms with Crippen molar-refractivity contribution in [2.24, 2.45) is 0 Å². The van der Waals surface area contributed by atoms with Crippen molar-refractivity contribution in [2.45, 2.75) is 38.1 Å². The zero-order chi connectivity index (χ0) is 34.7. The van der Waals surface area contributed by atoms with Crippen LogP contribution in [0.4, 0.5) is 17.1 Å². The highest BCUT2D eigenvalue weighted by Crippen LogP contribution is 2.43. The first-order valence-corrected chi connectivity index (χ1v) is 17.9. The van der Waals surface area contributed by atoms with Crippen LogP contribution in [0, 0.1) is 13.8 Å². The average molecular weight is 680 g/mol. The lowest BCUT2D eigenvalue weighted by molar-refractivity contribution is 0.0968. The summed E-state index contributed by atoms with van der Waals surface area (Å²) in [6.07, 6.45) is -0.547. The van der Waals surface area contributed by atoms with Gasteiger partial charge in [-0.3, -0.25) is 14.4 Å². The Kier molecular flexibility index (Phi) is 9.11. The number of benzene rings is 6. The molecule has 1 aliphatic rings. The summed E-state index contributed by atoms with van der Waals surface area (Å²) in [5, 5.41) is 0. The van der Waals surface area contributed by atoms with Crippen molar-refractivity contribution in [3.8, 4) is 5.75 Å². The van der Waals surface area contributed by atoms with E-state index in [1.165, 1.54) is 6.07 Å². The largest absolute Gasteiger partial charge is 0.489 e. The second-order valence-corrected chi connectivity index (χ2v) is 14.2. The lowest BCUT2D eigenvalue weighted by Gasteiger charge is -2.46. The first-order chi connectivity index (χ1) is 24.2. The smallest absolute Gasteiger partial charge is 0.262 e. The highest BCUT2D eigenvalue weighted by molar-refractivity contribution is 7.92. The number of hydrogen-bond acceptors (Lipinski definition) is 5. The first-order valence-electron chi connectivity index (χ1n) is 16.5. The molecular weight excluding hydrogens is 643 g/mol. The van der Waals surface area contributed by atoms with Gasteiger partial charge < -0.3 is 9.64 Å². The van der Waals surface area contributed by atoms with Crippen molar-refractivity contribution >= 4 is 33.0 Å². The van der Waals surface area contributed by atoms with E-state index in [-0.39, 0.29) is 10.8 Å². The number of carbonyl (C=O) groups excluding carboxylic acids is 1. The van der Waals surface area contributed by atoms with Crippen LogP contribution in [0.15, 0.2) is 157 Å². The fourth-order valence-electron chi connectivity index (χ4n) is 6.17. The molecule has 1 atom stereocenters. The summed E-state index contributed by atoms with van der Waals surface area (Å²) >= 11 is 0. The number of fused-ring (bicyclic) bond motifs is 1. The second-order valence-electron chi connectivity index (χ2n) is 12.5. The Morgan fingerprint density at radius 3 is 1.92 bits per heavy atom. The number of carbonyl (C=O) groups is 1. The molecule has 7 rings (SSSR count). The number of rotatable bonds is 10. The highest BCUT2D eigenvalue weighted by atomic mass is 32.2. The molecule has 0 saturated heterocycles. The fraction of sp³-hybridized carbons (Fsp3) is 0.119. The number of anilines is 3. The second kappa shape index (κ2) is 13.9. The number of nitrogens with zero attached hydrogens (tertiary/aromatic N) is 2. The fourth-order valence-corrected chi connectivity index (χ4v) is 7.26. The molecule has 0 fully saturated rings. The van der Waals surface area contributed by atoms with Gasteiger partial charge in [0.25, 0.3) is 15.9 Å². The quantitative estimate of drug-likeness (QED) is 0.156. The molecule has 0 unspecified atom stereocenters. The van der Waals surface area contributed by atoms with Crippen LogP contribution >= 0.6 is 0 Å². The third-order valence-electron chi connectivity index (χ3n) is 8.81. The Bertz CT molecular complexity index is 2210. The van der Waals surface area contributed by atoms with Gasteiger partial charge in [-0.2, -0.15) is 0 Å². The van der Waals surface area contributed by atoms with Gasteiger partial charge in [0.15, 0.2) is 0 Å². The minimum absolute atomic E-state index is 0.00654. The van der Waals surface area contributed by atoms with Crippen molar-refractivity contribution in [3.05, 3.63) is 185 Å². The zero-order valence-electron chi connectivity index (χ0n) is 27.9. The van der Waals surface area contributed by atoms with Gasteiger partial charge in [0.2, 0.25) is 0 Å². The number of nitrogens with one attached hydrogen (secondary N) is 1. The highest BCUT2D eigenvalue weighted by Gasteiger charge is 2.40. The molecule has 6 aromatic rings. The zero-order valence-corrected chi connectivity index (χ0v) is 28.7. The Morgan fingerprint density at radius 1 is 0.680 bits per heavy atom. The van der Waals surface area contributed by atoms with Crippen LogP contribution < -0.4 is 19.3 Å². The number of ether oxygens (including phenoxy) is 1. The molecular formula is C42H37N3O4S. The topological polar surface area (TPSA) is 79.0 Å². The van der Waals surface area contributed by atoms with Gasteiger partial charge >= 0.3 is 0 Å². The molecule has 8 heteroatoms. The van der Waals surface area contributed by atoms with E-state index in [9.17, 15) is 13.2 Å². The molecule has 0 bridgehead atoms. The van der Waals surface area contributed by atoms with Crippen LogP contribution in [0.3, 0.4) is 0 Å². The minimum atomic E-state index is -4.00. The van der Waals surface area contributed by atoms with Gasteiger partial charge in [-0.15, -0.1) is 0 Å². The summed E-state index contributed by atoms with van der Waals surface area (Å²) in [6, 6.07) is 47.6. The molecule has 1 heterocycles. The SMILES string of the molecule is Cc1ccc(NS(=O)(=O)c2ccc3c(c2)C(=O)N(c2ccc(C)cc2)[C@@H](c2ccc(OCc4ccccc4)cc2)N3Cc2ccccc2)cc1. The van der Waals surface area contributed by atoms with Crippen LogP contribution in [0.25, 0.3) is 0 Å². The van der Waals surface area contributed by atoms with Gasteiger partial charge in [-0.1, -0.05) is 108 Å². The Balaban J connectivity index is 1.32. The molecule has 0 saturated carbocycles. The summed E-state index contributed by atoms with van der Waals surface area (Å²) in [5.41, 5.74) is 7.16. The van der Waals surface area contributed by atoms with E-state index in [0.717, 1.165) is 27.8 Å². The third kappa shape index (κ3) is 6.97.